The molecule has 2 atom stereocenters. The van der Waals surface area contributed by atoms with Crippen molar-refractivity contribution in [3.05, 3.63) is 36.4 Å². The van der Waals surface area contributed by atoms with Crippen molar-refractivity contribution < 1.29 is 14.6 Å². The second-order valence-electron chi connectivity index (χ2n) is 5.08. The number of benzene rings is 1. The first-order valence-electron chi connectivity index (χ1n) is 6.86. The summed E-state index contributed by atoms with van der Waals surface area (Å²) in [4.78, 5) is 0. The van der Waals surface area contributed by atoms with Crippen LogP contribution in [0.25, 0.3) is 0 Å². The average Bonchev–Trinajstić information content (AvgIpc) is 2.39. The largest absolute Gasteiger partial charge is 0.493 e. The van der Waals surface area contributed by atoms with Gasteiger partial charge in [0.2, 0.25) is 0 Å². The van der Waals surface area contributed by atoms with Crippen molar-refractivity contribution in [2.75, 3.05) is 7.11 Å². The minimum Gasteiger partial charge on any atom is -0.493 e. The van der Waals surface area contributed by atoms with E-state index in [0.29, 0.717) is 11.5 Å². The van der Waals surface area contributed by atoms with Crippen LogP contribution in [0.5, 0.6) is 11.5 Å². The van der Waals surface area contributed by atoms with E-state index in [9.17, 15) is 5.11 Å². The van der Waals surface area contributed by atoms with Crippen LogP contribution in [-0.2, 0) is 6.42 Å². The molecule has 0 saturated heterocycles. The quantitative estimate of drug-likeness (QED) is 0.567. The summed E-state index contributed by atoms with van der Waals surface area (Å²) >= 11 is 0. The highest BCUT2D eigenvalue weighted by atomic mass is 16.5. The lowest BCUT2D eigenvalue weighted by molar-refractivity contribution is 0.0203. The minimum absolute atomic E-state index is 0.209. The van der Waals surface area contributed by atoms with Crippen LogP contribution in [-0.4, -0.2) is 30.6 Å². The Kier molecular flexibility index (Phi) is 6.55. The van der Waals surface area contributed by atoms with E-state index < -0.39 is 12.3 Å². The molecule has 112 valence electrons. The third kappa shape index (κ3) is 4.87. The molecule has 2 N–H and O–H groups in total. The van der Waals surface area contributed by atoms with Crippen LogP contribution < -0.4 is 14.8 Å². The third-order valence-corrected chi connectivity index (χ3v) is 2.80. The Morgan fingerprint density at radius 1 is 1.30 bits per heavy atom. The van der Waals surface area contributed by atoms with Crippen LogP contribution >= 0.6 is 0 Å². The molecule has 1 rings (SSSR count). The number of rotatable bonds is 8. The highest BCUT2D eigenvalue weighted by molar-refractivity contribution is 5.43. The molecule has 0 aliphatic rings. The van der Waals surface area contributed by atoms with Crippen LogP contribution in [0.3, 0.4) is 0 Å². The molecule has 0 saturated carbocycles. The van der Waals surface area contributed by atoms with Gasteiger partial charge < -0.3 is 14.6 Å². The molecule has 0 bridgehead atoms. The van der Waals surface area contributed by atoms with Gasteiger partial charge in [-0.15, -0.1) is 6.58 Å². The summed E-state index contributed by atoms with van der Waals surface area (Å²) in [5, 5.41) is 13.0. The van der Waals surface area contributed by atoms with Gasteiger partial charge in [0.25, 0.3) is 0 Å². The molecule has 4 nitrogen and oxygen atoms in total. The molecule has 0 aliphatic carbocycles. The number of aliphatic hydroxyl groups excluding tert-OH is 1. The Morgan fingerprint density at radius 3 is 2.50 bits per heavy atom. The van der Waals surface area contributed by atoms with Gasteiger partial charge >= 0.3 is 0 Å². The van der Waals surface area contributed by atoms with Gasteiger partial charge in [0.05, 0.1) is 7.11 Å². The van der Waals surface area contributed by atoms with Crippen molar-refractivity contribution in [3.8, 4) is 11.5 Å². The van der Waals surface area contributed by atoms with E-state index in [1.54, 1.807) is 14.0 Å². The van der Waals surface area contributed by atoms with E-state index in [4.69, 9.17) is 9.47 Å². The van der Waals surface area contributed by atoms with Crippen LogP contribution in [0, 0.1) is 0 Å². The smallest absolute Gasteiger partial charge is 0.176 e. The first-order valence-corrected chi connectivity index (χ1v) is 6.86. The van der Waals surface area contributed by atoms with E-state index in [-0.39, 0.29) is 6.04 Å². The Morgan fingerprint density at radius 2 is 2.00 bits per heavy atom. The zero-order valence-electron chi connectivity index (χ0n) is 12.7. The van der Waals surface area contributed by atoms with Crippen molar-refractivity contribution in [2.45, 2.75) is 45.6 Å². The Labute approximate surface area is 121 Å². The number of ether oxygens (including phenoxy) is 2. The summed E-state index contributed by atoms with van der Waals surface area (Å²) in [7, 11) is 1.60. The zero-order chi connectivity index (χ0) is 15.1. The van der Waals surface area contributed by atoms with Gasteiger partial charge in [-0.1, -0.05) is 12.1 Å². The van der Waals surface area contributed by atoms with Crippen molar-refractivity contribution in [1.29, 1.82) is 0 Å². The summed E-state index contributed by atoms with van der Waals surface area (Å²) in [6, 6.07) is 5.95. The normalized spacial score (nSPS) is 13.9. The third-order valence-electron chi connectivity index (χ3n) is 2.80. The standard InChI is InChI=1S/C16H25NO3/c1-6-7-13-8-9-14(15(10-13)19-5)20-16(12(4)18)17-11(2)3/h6,8-12,16-18H,1,7H2,2-5H3. The summed E-state index contributed by atoms with van der Waals surface area (Å²) in [5.41, 5.74) is 1.11. The monoisotopic (exact) mass is 279 g/mol. The number of nitrogens with one attached hydrogen (secondary N) is 1. The molecule has 0 spiro atoms. The van der Waals surface area contributed by atoms with Crippen LogP contribution in [0.1, 0.15) is 26.3 Å². The molecule has 0 aliphatic heterocycles. The number of hydrogen-bond acceptors (Lipinski definition) is 4. The van der Waals surface area contributed by atoms with E-state index in [1.165, 1.54) is 0 Å². The molecule has 0 heterocycles. The molecular weight excluding hydrogens is 254 g/mol. The van der Waals surface area contributed by atoms with Crippen molar-refractivity contribution in [1.82, 2.24) is 5.32 Å². The fourth-order valence-electron chi connectivity index (χ4n) is 1.84. The predicted octanol–water partition coefficient (Wildman–Crippen LogP) is 2.51. The first-order chi connectivity index (χ1) is 9.47. The second kappa shape index (κ2) is 7.92. The molecular formula is C16H25NO3. The Balaban J connectivity index is 2.91. The van der Waals surface area contributed by atoms with E-state index in [1.807, 2.05) is 38.1 Å². The average molecular weight is 279 g/mol. The van der Waals surface area contributed by atoms with Crippen LogP contribution in [0.15, 0.2) is 30.9 Å². The Bertz CT molecular complexity index is 430. The predicted molar refractivity (Wildman–Crippen MR) is 81.3 cm³/mol. The van der Waals surface area contributed by atoms with Crippen LogP contribution in [0.2, 0.25) is 0 Å². The molecule has 0 amide bonds. The van der Waals surface area contributed by atoms with Gasteiger partial charge in [-0.25, -0.2) is 0 Å². The minimum atomic E-state index is -0.630. The Hall–Kier alpha value is -1.52. The molecule has 4 heteroatoms. The molecule has 0 fully saturated rings. The molecule has 20 heavy (non-hydrogen) atoms. The fourth-order valence-corrected chi connectivity index (χ4v) is 1.84. The molecule has 1 aromatic rings. The fraction of sp³-hybridized carbons (Fsp3) is 0.500. The van der Waals surface area contributed by atoms with Gasteiger partial charge in [-0.2, -0.15) is 0 Å². The van der Waals surface area contributed by atoms with Crippen molar-refractivity contribution in [2.24, 2.45) is 0 Å². The lowest BCUT2D eigenvalue weighted by Gasteiger charge is -2.25. The lowest BCUT2D eigenvalue weighted by Crippen LogP contribution is -2.46. The SMILES string of the molecule is C=CCc1ccc(OC(NC(C)C)C(C)O)c(OC)c1. The number of allylic oxidation sites excluding steroid dienone is 1. The maximum atomic E-state index is 9.78. The van der Waals surface area contributed by atoms with Gasteiger partial charge in [0.15, 0.2) is 17.7 Å². The lowest BCUT2D eigenvalue weighted by atomic mass is 10.1. The molecule has 0 aromatic heterocycles. The van der Waals surface area contributed by atoms with Gasteiger partial charge in [0.1, 0.15) is 6.10 Å². The summed E-state index contributed by atoms with van der Waals surface area (Å²) in [6.45, 7) is 9.42. The van der Waals surface area contributed by atoms with Crippen molar-refractivity contribution >= 4 is 0 Å². The van der Waals surface area contributed by atoms with Gasteiger partial charge in [-0.05, 0) is 44.9 Å². The first kappa shape index (κ1) is 16.5. The zero-order valence-corrected chi connectivity index (χ0v) is 12.7. The summed E-state index contributed by atoms with van der Waals surface area (Å²) in [6.07, 6.45) is 1.51. The second-order valence-corrected chi connectivity index (χ2v) is 5.08. The summed E-state index contributed by atoms with van der Waals surface area (Å²) < 4.78 is 11.2. The highest BCUT2D eigenvalue weighted by Crippen LogP contribution is 2.29. The summed E-state index contributed by atoms with van der Waals surface area (Å²) in [5.74, 6) is 1.26. The van der Waals surface area contributed by atoms with Crippen LogP contribution in [0.4, 0.5) is 0 Å². The molecule has 0 radical (unpaired) electrons. The maximum Gasteiger partial charge on any atom is 0.176 e. The van der Waals surface area contributed by atoms with Gasteiger partial charge in [0, 0.05) is 6.04 Å². The maximum absolute atomic E-state index is 9.78. The number of aliphatic hydroxyl groups is 1. The van der Waals surface area contributed by atoms with Gasteiger partial charge in [-0.3, -0.25) is 5.32 Å². The topological polar surface area (TPSA) is 50.7 Å². The molecule has 2 unspecified atom stereocenters. The number of hydrogen-bond donors (Lipinski definition) is 2. The van der Waals surface area contributed by atoms with E-state index in [0.717, 1.165) is 12.0 Å². The van der Waals surface area contributed by atoms with E-state index >= 15 is 0 Å². The van der Waals surface area contributed by atoms with Crippen molar-refractivity contribution in [3.63, 3.8) is 0 Å². The number of methoxy groups -OCH3 is 1. The molecule has 1 aromatic carbocycles. The highest BCUT2D eigenvalue weighted by Gasteiger charge is 2.19. The van der Waals surface area contributed by atoms with E-state index in [2.05, 4.69) is 11.9 Å².